The molecule has 1 amide bonds. The zero-order valence-corrected chi connectivity index (χ0v) is 10.9. The van der Waals surface area contributed by atoms with Gasteiger partial charge >= 0.3 is 0 Å². The number of carbonyl (C=O) groups is 1. The fraction of sp³-hybridized carbons (Fsp3) is 0.250. The highest BCUT2D eigenvalue weighted by molar-refractivity contribution is 9.10. The number of amides is 1. The molecule has 0 N–H and O–H groups in total. The zero-order chi connectivity index (χ0) is 12.8. The van der Waals surface area contributed by atoms with Gasteiger partial charge in [0.2, 0.25) is 0 Å². The van der Waals surface area contributed by atoms with Crippen molar-refractivity contribution in [2.24, 2.45) is 0 Å². The van der Waals surface area contributed by atoms with Crippen LogP contribution in [0, 0.1) is 29.6 Å². The summed E-state index contributed by atoms with van der Waals surface area (Å²) in [7, 11) is 0. The van der Waals surface area contributed by atoms with Crippen molar-refractivity contribution in [2.75, 3.05) is 13.1 Å². The molecule has 0 bridgehead atoms. The van der Waals surface area contributed by atoms with E-state index in [1.807, 2.05) is 25.1 Å². The molecule has 0 spiro atoms. The second kappa shape index (κ2) is 6.03. The first-order chi connectivity index (χ1) is 8.11. The smallest absolute Gasteiger partial charge is 0.256 e. The van der Waals surface area contributed by atoms with Crippen molar-refractivity contribution in [2.45, 2.75) is 6.92 Å². The van der Waals surface area contributed by atoms with E-state index < -0.39 is 0 Å². The number of rotatable bonds is 3. The Bertz CT molecular complexity index is 497. The lowest BCUT2D eigenvalue weighted by molar-refractivity contribution is 0.0793. The molecule has 0 aliphatic rings. The molecule has 17 heavy (non-hydrogen) atoms. The van der Waals surface area contributed by atoms with Crippen LogP contribution in [0.4, 0.5) is 0 Å². The Balaban J connectivity index is 3.07. The van der Waals surface area contributed by atoms with Crippen LogP contribution in [0.2, 0.25) is 0 Å². The molecule has 4 nitrogen and oxygen atoms in total. The van der Waals surface area contributed by atoms with E-state index in [2.05, 4.69) is 15.9 Å². The number of halogens is 1. The van der Waals surface area contributed by atoms with Crippen molar-refractivity contribution in [1.82, 2.24) is 4.90 Å². The Morgan fingerprint density at radius 3 is 2.47 bits per heavy atom. The Labute approximate surface area is 108 Å². The highest BCUT2D eigenvalue weighted by atomic mass is 79.9. The van der Waals surface area contributed by atoms with Gasteiger partial charge in [-0.25, -0.2) is 0 Å². The quantitative estimate of drug-likeness (QED) is 0.802. The van der Waals surface area contributed by atoms with E-state index in [0.717, 1.165) is 5.56 Å². The summed E-state index contributed by atoms with van der Waals surface area (Å²) < 4.78 is 0.700. The molecule has 0 heterocycles. The van der Waals surface area contributed by atoms with Gasteiger partial charge in [0.25, 0.3) is 5.91 Å². The first kappa shape index (κ1) is 13.2. The van der Waals surface area contributed by atoms with Gasteiger partial charge < -0.3 is 4.90 Å². The molecule has 1 rings (SSSR count). The van der Waals surface area contributed by atoms with Gasteiger partial charge in [-0.15, -0.1) is 0 Å². The second-order valence-corrected chi connectivity index (χ2v) is 4.21. The standard InChI is InChI=1S/C12H10BrN3O/c1-9-3-2-4-10(11(9)13)12(17)16(7-5-14)8-6-15/h2-4H,7-8H2,1H3. The normalized spacial score (nSPS) is 9.18. The van der Waals surface area contributed by atoms with Crippen molar-refractivity contribution < 1.29 is 4.79 Å². The van der Waals surface area contributed by atoms with E-state index in [1.165, 1.54) is 4.90 Å². The van der Waals surface area contributed by atoms with Gasteiger partial charge in [-0.3, -0.25) is 4.79 Å². The predicted octanol–water partition coefficient (Wildman–Crippen LogP) is 2.25. The summed E-state index contributed by atoms with van der Waals surface area (Å²) >= 11 is 3.34. The van der Waals surface area contributed by atoms with E-state index in [4.69, 9.17) is 10.5 Å². The van der Waals surface area contributed by atoms with Crippen LogP contribution in [0.15, 0.2) is 22.7 Å². The monoisotopic (exact) mass is 291 g/mol. The highest BCUT2D eigenvalue weighted by Crippen LogP contribution is 2.22. The van der Waals surface area contributed by atoms with Crippen LogP contribution in [0.25, 0.3) is 0 Å². The van der Waals surface area contributed by atoms with E-state index in [0.29, 0.717) is 10.0 Å². The number of nitrogens with zero attached hydrogens (tertiary/aromatic N) is 3. The van der Waals surface area contributed by atoms with Crippen LogP contribution < -0.4 is 0 Å². The van der Waals surface area contributed by atoms with Gasteiger partial charge in [0.05, 0.1) is 17.7 Å². The molecule has 86 valence electrons. The second-order valence-electron chi connectivity index (χ2n) is 3.41. The molecule has 1 aromatic rings. The van der Waals surface area contributed by atoms with E-state index in [-0.39, 0.29) is 19.0 Å². The fourth-order valence-corrected chi connectivity index (χ4v) is 1.79. The first-order valence-corrected chi connectivity index (χ1v) is 5.69. The van der Waals surface area contributed by atoms with Crippen LogP contribution in [0.1, 0.15) is 15.9 Å². The number of hydrogen-bond acceptors (Lipinski definition) is 3. The van der Waals surface area contributed by atoms with Crippen molar-refractivity contribution in [1.29, 1.82) is 10.5 Å². The summed E-state index contributed by atoms with van der Waals surface area (Å²) in [5.41, 5.74) is 1.40. The molecule has 5 heteroatoms. The molecule has 1 aromatic carbocycles. The average Bonchev–Trinajstić information content (AvgIpc) is 2.31. The van der Waals surface area contributed by atoms with Gasteiger partial charge in [-0.1, -0.05) is 12.1 Å². The van der Waals surface area contributed by atoms with Crippen molar-refractivity contribution in [3.63, 3.8) is 0 Å². The fourth-order valence-electron chi connectivity index (χ4n) is 1.35. The van der Waals surface area contributed by atoms with Crippen LogP contribution in [-0.4, -0.2) is 23.9 Å². The molecular weight excluding hydrogens is 282 g/mol. The Kier molecular flexibility index (Phi) is 4.68. The number of hydrogen-bond donors (Lipinski definition) is 0. The Hall–Kier alpha value is -1.85. The topological polar surface area (TPSA) is 67.9 Å². The Morgan fingerprint density at radius 1 is 1.35 bits per heavy atom. The lowest BCUT2D eigenvalue weighted by atomic mass is 10.1. The molecule has 0 aliphatic heterocycles. The van der Waals surface area contributed by atoms with Gasteiger partial charge in [0.1, 0.15) is 13.1 Å². The third-order valence-corrected chi connectivity index (χ3v) is 3.29. The van der Waals surface area contributed by atoms with Gasteiger partial charge in [-0.05, 0) is 34.5 Å². The van der Waals surface area contributed by atoms with E-state index in [9.17, 15) is 4.79 Å². The Morgan fingerprint density at radius 2 is 1.94 bits per heavy atom. The van der Waals surface area contributed by atoms with E-state index in [1.54, 1.807) is 12.1 Å². The summed E-state index contributed by atoms with van der Waals surface area (Å²) in [4.78, 5) is 13.3. The maximum Gasteiger partial charge on any atom is 0.256 e. The third-order valence-electron chi connectivity index (χ3n) is 2.23. The minimum atomic E-state index is -0.316. The average molecular weight is 292 g/mol. The SMILES string of the molecule is Cc1cccc(C(=O)N(CC#N)CC#N)c1Br. The molecule has 0 saturated heterocycles. The van der Waals surface area contributed by atoms with Crippen LogP contribution in [-0.2, 0) is 0 Å². The molecule has 0 unspecified atom stereocenters. The predicted molar refractivity (Wildman–Crippen MR) is 66.0 cm³/mol. The van der Waals surface area contributed by atoms with Crippen molar-refractivity contribution >= 4 is 21.8 Å². The lowest BCUT2D eigenvalue weighted by Crippen LogP contribution is -2.32. The van der Waals surface area contributed by atoms with Gasteiger partial charge in [0.15, 0.2) is 0 Å². The highest BCUT2D eigenvalue weighted by Gasteiger charge is 2.18. The van der Waals surface area contributed by atoms with Crippen molar-refractivity contribution in [3.8, 4) is 12.1 Å². The summed E-state index contributed by atoms with van der Waals surface area (Å²) in [5.74, 6) is -0.316. The first-order valence-electron chi connectivity index (χ1n) is 4.90. The molecule has 0 saturated carbocycles. The minimum Gasteiger partial charge on any atom is -0.312 e. The summed E-state index contributed by atoms with van der Waals surface area (Å²) in [6.45, 7) is 1.69. The lowest BCUT2D eigenvalue weighted by Gasteiger charge is -2.17. The third kappa shape index (κ3) is 3.05. The van der Waals surface area contributed by atoms with Crippen LogP contribution >= 0.6 is 15.9 Å². The van der Waals surface area contributed by atoms with Crippen molar-refractivity contribution in [3.05, 3.63) is 33.8 Å². The summed E-state index contributed by atoms with van der Waals surface area (Å²) in [5, 5.41) is 17.2. The molecular formula is C12H10BrN3O. The molecule has 0 atom stereocenters. The number of aryl methyl sites for hydroxylation is 1. The van der Waals surface area contributed by atoms with Gasteiger partial charge in [-0.2, -0.15) is 10.5 Å². The zero-order valence-electron chi connectivity index (χ0n) is 9.27. The van der Waals surface area contributed by atoms with E-state index >= 15 is 0 Å². The van der Waals surface area contributed by atoms with Crippen LogP contribution in [0.3, 0.4) is 0 Å². The minimum absolute atomic E-state index is 0.0905. The molecule has 0 radical (unpaired) electrons. The number of benzene rings is 1. The maximum atomic E-state index is 12.1. The number of carbonyl (C=O) groups excluding carboxylic acids is 1. The molecule has 0 aromatic heterocycles. The number of nitriles is 2. The summed E-state index contributed by atoms with van der Waals surface area (Å²) in [6, 6.07) is 9.06. The van der Waals surface area contributed by atoms with Crippen LogP contribution in [0.5, 0.6) is 0 Å². The maximum absolute atomic E-state index is 12.1. The summed E-state index contributed by atoms with van der Waals surface area (Å²) in [6.07, 6.45) is 0. The van der Waals surface area contributed by atoms with Gasteiger partial charge in [0, 0.05) is 4.47 Å². The largest absolute Gasteiger partial charge is 0.312 e. The molecule has 0 aliphatic carbocycles. The molecule has 0 fully saturated rings.